The van der Waals surface area contributed by atoms with Gasteiger partial charge in [0.15, 0.2) is 0 Å². The number of halogens is 1. The van der Waals surface area contributed by atoms with Crippen molar-refractivity contribution in [2.75, 3.05) is 24.5 Å². The average molecular weight is 499 g/mol. The van der Waals surface area contributed by atoms with Gasteiger partial charge in [-0.15, -0.1) is 0 Å². The number of piperidine rings is 1. The van der Waals surface area contributed by atoms with Gasteiger partial charge < -0.3 is 10.2 Å². The molecule has 1 unspecified atom stereocenters. The minimum Gasteiger partial charge on any atom is -0.356 e. The highest BCUT2D eigenvalue weighted by Crippen LogP contribution is 2.25. The van der Waals surface area contributed by atoms with Crippen LogP contribution in [0, 0.1) is 11.7 Å². The van der Waals surface area contributed by atoms with Gasteiger partial charge in [0.1, 0.15) is 18.0 Å². The summed E-state index contributed by atoms with van der Waals surface area (Å²) in [4.78, 5) is 36.2. The minimum absolute atomic E-state index is 0.0511. The van der Waals surface area contributed by atoms with Crippen molar-refractivity contribution in [1.29, 1.82) is 0 Å². The number of hydrogen-bond donors (Lipinski definition) is 1. The second-order valence-corrected chi connectivity index (χ2v) is 8.99. The number of nitrogens with zero attached hydrogens (tertiary/aromatic N) is 5. The smallest absolute Gasteiger partial charge is 0.266 e. The van der Waals surface area contributed by atoms with Crippen LogP contribution in [0.3, 0.4) is 0 Å². The topological polar surface area (TPSA) is 93.0 Å². The van der Waals surface area contributed by atoms with Gasteiger partial charge >= 0.3 is 0 Å². The van der Waals surface area contributed by atoms with Crippen molar-refractivity contribution in [2.45, 2.75) is 19.4 Å². The standard InChI is InChI=1S/C28H27FN6O2/c29-23-10-8-21(9-11-23)24-12-13-27(36)35(33-24)16-14-30-28(37)22-7-4-15-34(18-22)26-17-25(31-19-32-26)20-5-2-1-3-6-20/h1-3,5-6,8-13,17,19,22H,4,7,14-16,18H2,(H,30,37). The molecule has 2 aromatic heterocycles. The Morgan fingerprint density at radius 2 is 1.76 bits per heavy atom. The second-order valence-electron chi connectivity index (χ2n) is 8.99. The zero-order chi connectivity index (χ0) is 25.6. The van der Waals surface area contributed by atoms with Gasteiger partial charge in [0.2, 0.25) is 5.91 Å². The number of aromatic nitrogens is 4. The quantitative estimate of drug-likeness (QED) is 0.419. The van der Waals surface area contributed by atoms with E-state index in [2.05, 4.69) is 25.3 Å². The molecule has 0 spiro atoms. The van der Waals surface area contributed by atoms with Gasteiger partial charge in [-0.05, 0) is 43.2 Å². The number of rotatable bonds is 7. The number of carbonyl (C=O) groups excluding carboxylic acids is 1. The van der Waals surface area contributed by atoms with Crippen LogP contribution in [0.2, 0.25) is 0 Å². The number of benzene rings is 2. The van der Waals surface area contributed by atoms with Crippen LogP contribution >= 0.6 is 0 Å². The van der Waals surface area contributed by atoms with Gasteiger partial charge in [-0.25, -0.2) is 19.0 Å². The van der Waals surface area contributed by atoms with E-state index in [0.717, 1.165) is 36.5 Å². The van der Waals surface area contributed by atoms with Gasteiger partial charge in [-0.2, -0.15) is 5.10 Å². The number of carbonyl (C=O) groups is 1. The molecule has 0 saturated carbocycles. The molecule has 37 heavy (non-hydrogen) atoms. The lowest BCUT2D eigenvalue weighted by Gasteiger charge is -2.33. The summed E-state index contributed by atoms with van der Waals surface area (Å²) in [6, 6.07) is 20.9. The summed E-state index contributed by atoms with van der Waals surface area (Å²) in [5.41, 5.74) is 2.87. The van der Waals surface area contributed by atoms with Crippen molar-refractivity contribution in [3.8, 4) is 22.5 Å². The molecule has 0 aliphatic carbocycles. The van der Waals surface area contributed by atoms with E-state index < -0.39 is 0 Å². The highest BCUT2D eigenvalue weighted by molar-refractivity contribution is 5.79. The highest BCUT2D eigenvalue weighted by atomic mass is 19.1. The maximum Gasteiger partial charge on any atom is 0.266 e. The Kier molecular flexibility index (Phi) is 7.30. The first kappa shape index (κ1) is 24.3. The van der Waals surface area contributed by atoms with Crippen molar-refractivity contribution in [2.24, 2.45) is 5.92 Å². The largest absolute Gasteiger partial charge is 0.356 e. The summed E-state index contributed by atoms with van der Waals surface area (Å²) in [6.45, 7) is 1.91. The Morgan fingerprint density at radius 1 is 0.973 bits per heavy atom. The molecule has 1 aliphatic heterocycles. The zero-order valence-corrected chi connectivity index (χ0v) is 20.3. The molecule has 2 aromatic carbocycles. The molecule has 1 saturated heterocycles. The van der Waals surface area contributed by atoms with Crippen molar-refractivity contribution in [3.63, 3.8) is 0 Å². The third-order valence-corrected chi connectivity index (χ3v) is 6.47. The lowest BCUT2D eigenvalue weighted by atomic mass is 9.97. The molecule has 1 atom stereocenters. The van der Waals surface area contributed by atoms with E-state index in [4.69, 9.17) is 0 Å². The Balaban J connectivity index is 1.19. The van der Waals surface area contributed by atoms with E-state index in [1.807, 2.05) is 36.4 Å². The van der Waals surface area contributed by atoms with Gasteiger partial charge in [-0.1, -0.05) is 30.3 Å². The van der Waals surface area contributed by atoms with E-state index in [0.29, 0.717) is 17.8 Å². The van der Waals surface area contributed by atoms with Crippen LogP contribution in [-0.2, 0) is 11.3 Å². The molecule has 0 bridgehead atoms. The lowest BCUT2D eigenvalue weighted by molar-refractivity contribution is -0.125. The Morgan fingerprint density at radius 3 is 2.57 bits per heavy atom. The molecule has 188 valence electrons. The maximum absolute atomic E-state index is 13.2. The number of hydrogen-bond acceptors (Lipinski definition) is 6. The maximum atomic E-state index is 13.2. The molecule has 3 heterocycles. The fourth-order valence-electron chi connectivity index (χ4n) is 4.50. The number of anilines is 1. The SMILES string of the molecule is O=C(NCCn1nc(-c2ccc(F)cc2)ccc1=O)C1CCCN(c2cc(-c3ccccc3)ncn2)C1. The van der Waals surface area contributed by atoms with Crippen molar-refractivity contribution >= 4 is 11.7 Å². The number of amides is 1. The second kappa shape index (κ2) is 11.1. The summed E-state index contributed by atoms with van der Waals surface area (Å²) in [7, 11) is 0. The summed E-state index contributed by atoms with van der Waals surface area (Å²) in [5, 5.41) is 7.33. The van der Waals surface area contributed by atoms with Crippen molar-refractivity contribution < 1.29 is 9.18 Å². The predicted molar refractivity (Wildman–Crippen MR) is 139 cm³/mol. The Bertz CT molecular complexity index is 1420. The van der Waals surface area contributed by atoms with Gasteiger partial charge in [-0.3, -0.25) is 9.59 Å². The molecule has 4 aromatic rings. The first-order valence-corrected chi connectivity index (χ1v) is 12.3. The summed E-state index contributed by atoms with van der Waals surface area (Å²) < 4.78 is 14.5. The van der Waals surface area contributed by atoms with Gasteiger partial charge in [0, 0.05) is 42.9 Å². The van der Waals surface area contributed by atoms with Crippen molar-refractivity contribution in [3.05, 3.63) is 95.3 Å². The molecule has 5 rings (SSSR count). The van der Waals surface area contributed by atoms with Crippen LogP contribution in [0.5, 0.6) is 0 Å². The molecule has 8 nitrogen and oxygen atoms in total. The van der Waals surface area contributed by atoms with Gasteiger partial charge in [0.05, 0.1) is 23.9 Å². The van der Waals surface area contributed by atoms with Crippen LogP contribution in [0.15, 0.2) is 83.9 Å². The molecule has 1 amide bonds. The first-order valence-electron chi connectivity index (χ1n) is 12.3. The van der Waals surface area contributed by atoms with Gasteiger partial charge in [0.25, 0.3) is 5.56 Å². The summed E-state index contributed by atoms with van der Waals surface area (Å²) in [5.74, 6) is 0.237. The third kappa shape index (κ3) is 5.88. The molecule has 0 radical (unpaired) electrons. The van der Waals surface area contributed by atoms with E-state index in [1.54, 1.807) is 24.5 Å². The average Bonchev–Trinajstić information content (AvgIpc) is 2.95. The van der Waals surface area contributed by atoms with Crippen molar-refractivity contribution in [1.82, 2.24) is 25.1 Å². The Hall–Kier alpha value is -4.40. The first-order chi connectivity index (χ1) is 18.1. The Labute approximate surface area is 213 Å². The minimum atomic E-state index is -0.336. The van der Waals surface area contributed by atoms with E-state index in [-0.39, 0.29) is 36.3 Å². The van der Waals surface area contributed by atoms with Crippen LogP contribution in [-0.4, -0.2) is 45.3 Å². The summed E-state index contributed by atoms with van der Waals surface area (Å²) in [6.07, 6.45) is 3.23. The zero-order valence-electron chi connectivity index (χ0n) is 20.3. The molecule has 1 N–H and O–H groups in total. The molecular formula is C28H27FN6O2. The monoisotopic (exact) mass is 498 g/mol. The molecule has 1 aliphatic rings. The fraction of sp³-hybridized carbons (Fsp3) is 0.250. The molecule has 1 fully saturated rings. The van der Waals surface area contributed by atoms with Crippen LogP contribution in [0.25, 0.3) is 22.5 Å². The predicted octanol–water partition coefficient (Wildman–Crippen LogP) is 3.54. The number of nitrogens with one attached hydrogen (secondary N) is 1. The normalized spacial score (nSPS) is 15.4. The van der Waals surface area contributed by atoms with Crippen LogP contribution in [0.4, 0.5) is 10.2 Å². The fourth-order valence-corrected chi connectivity index (χ4v) is 4.50. The third-order valence-electron chi connectivity index (χ3n) is 6.47. The molecule has 9 heteroatoms. The van der Waals surface area contributed by atoms with E-state index in [1.165, 1.54) is 22.9 Å². The van der Waals surface area contributed by atoms with E-state index in [9.17, 15) is 14.0 Å². The highest BCUT2D eigenvalue weighted by Gasteiger charge is 2.26. The van der Waals surface area contributed by atoms with E-state index >= 15 is 0 Å². The van der Waals surface area contributed by atoms with Crippen LogP contribution < -0.4 is 15.8 Å². The molecular weight excluding hydrogens is 471 g/mol. The lowest BCUT2D eigenvalue weighted by Crippen LogP contribution is -2.44. The summed E-state index contributed by atoms with van der Waals surface area (Å²) >= 11 is 0. The van der Waals surface area contributed by atoms with Crippen LogP contribution in [0.1, 0.15) is 12.8 Å².